The molecule has 0 nitrogen and oxygen atoms in total. The molecule has 0 aromatic rings. The molecule has 52 valence electrons. The minimum absolute atomic E-state index is 1.28. The van der Waals surface area contributed by atoms with Crippen molar-refractivity contribution in [1.29, 1.82) is 0 Å². The summed E-state index contributed by atoms with van der Waals surface area (Å²) in [5.74, 6) is 0. The van der Waals surface area contributed by atoms with E-state index in [1.807, 2.05) is 0 Å². The predicted molar refractivity (Wildman–Crippen MR) is 44.0 cm³/mol. The molecule has 0 saturated carbocycles. The first-order valence-electron chi connectivity index (χ1n) is 4.05. The smallest absolute Gasteiger partial charge is 0.0146 e. The second kappa shape index (κ2) is 2.12. The van der Waals surface area contributed by atoms with Crippen molar-refractivity contribution in [2.75, 3.05) is 0 Å². The number of rotatable bonds is 3. The lowest BCUT2D eigenvalue weighted by atomic mass is 10.1. The van der Waals surface area contributed by atoms with Gasteiger partial charge in [0.15, 0.2) is 0 Å². The molecule has 2 aliphatic carbocycles. The fourth-order valence-electron chi connectivity index (χ4n) is 1.40. The molecular formula is C10H12. The molecule has 2 rings (SSSR count). The van der Waals surface area contributed by atoms with E-state index in [2.05, 4.69) is 25.1 Å². The summed E-state index contributed by atoms with van der Waals surface area (Å²) in [6.07, 6.45) is 3.92. The van der Waals surface area contributed by atoms with Crippen LogP contribution < -0.4 is 0 Å². The first-order chi connectivity index (χ1) is 4.92. The van der Waals surface area contributed by atoms with Crippen LogP contribution in [0.5, 0.6) is 0 Å². The highest BCUT2D eigenvalue weighted by Gasteiger charge is 2.15. The molecule has 0 spiro atoms. The third-order valence-corrected chi connectivity index (χ3v) is 2.14. The second-order valence-electron chi connectivity index (χ2n) is 2.98. The van der Waals surface area contributed by atoms with E-state index in [9.17, 15) is 0 Å². The maximum Gasteiger partial charge on any atom is -0.0146 e. The molecule has 0 aromatic heterocycles. The number of hydrogen-bond acceptors (Lipinski definition) is 0. The maximum atomic E-state index is 2.27. The van der Waals surface area contributed by atoms with Crippen molar-refractivity contribution in [3.8, 4) is 11.1 Å². The van der Waals surface area contributed by atoms with Gasteiger partial charge in [0.05, 0.1) is 0 Å². The van der Waals surface area contributed by atoms with Gasteiger partial charge in [-0.3, -0.25) is 0 Å². The van der Waals surface area contributed by atoms with Gasteiger partial charge in [-0.1, -0.05) is 25.5 Å². The van der Waals surface area contributed by atoms with Crippen LogP contribution in [-0.4, -0.2) is 0 Å². The Kier molecular flexibility index (Phi) is 1.26. The SMILES string of the molecule is CCCCc1ccc2cc1-2. The van der Waals surface area contributed by atoms with Crippen LogP contribution in [0.3, 0.4) is 0 Å². The molecule has 0 amide bonds. The molecular weight excluding hydrogens is 120 g/mol. The molecule has 0 radical (unpaired) electrons. The third kappa shape index (κ3) is 0.841. The Bertz CT molecular complexity index is 248. The molecule has 0 aliphatic heterocycles. The number of fused-ring (bicyclic) bond motifs is 1. The highest BCUT2D eigenvalue weighted by Crippen LogP contribution is 2.38. The van der Waals surface area contributed by atoms with Gasteiger partial charge in [0.25, 0.3) is 0 Å². The molecule has 0 aromatic carbocycles. The van der Waals surface area contributed by atoms with Gasteiger partial charge in [-0.05, 0) is 35.6 Å². The van der Waals surface area contributed by atoms with Crippen molar-refractivity contribution >= 4 is 0 Å². The lowest BCUT2D eigenvalue weighted by Crippen LogP contribution is -1.78. The number of aryl methyl sites for hydroxylation is 1. The average molecular weight is 132 g/mol. The summed E-state index contributed by atoms with van der Waals surface area (Å²) < 4.78 is 0. The Hall–Kier alpha value is -0.780. The summed E-state index contributed by atoms with van der Waals surface area (Å²) >= 11 is 0. The molecule has 0 atom stereocenters. The standard InChI is InChI=1S/C10H12/c1-2-3-4-8-5-6-9-7-10(8)9/h5-7H,2-4H2,1H3. The number of benzene rings is 1. The lowest BCUT2D eigenvalue weighted by molar-refractivity contribution is 0.798. The van der Waals surface area contributed by atoms with Crippen molar-refractivity contribution in [3.05, 3.63) is 23.8 Å². The first-order valence-corrected chi connectivity index (χ1v) is 4.05. The van der Waals surface area contributed by atoms with Crippen LogP contribution in [0.25, 0.3) is 11.1 Å². The van der Waals surface area contributed by atoms with E-state index in [0.29, 0.717) is 0 Å². The lowest BCUT2D eigenvalue weighted by Gasteiger charge is -1.92. The number of hydrogen-bond donors (Lipinski definition) is 0. The summed E-state index contributed by atoms with van der Waals surface area (Å²) in [7, 11) is 0. The third-order valence-electron chi connectivity index (χ3n) is 2.14. The van der Waals surface area contributed by atoms with Gasteiger partial charge in [0.1, 0.15) is 0 Å². The summed E-state index contributed by atoms with van der Waals surface area (Å²) in [6.45, 7) is 2.24. The van der Waals surface area contributed by atoms with Crippen LogP contribution in [0, 0.1) is 0 Å². The van der Waals surface area contributed by atoms with Crippen LogP contribution in [0.4, 0.5) is 0 Å². The number of unbranched alkanes of at least 4 members (excludes halogenated alkanes) is 1. The average Bonchev–Trinajstić information content (AvgIpc) is 2.63. The normalized spacial score (nSPS) is 11.7. The Balaban J connectivity index is 2.00. The summed E-state index contributed by atoms with van der Waals surface area (Å²) in [5.41, 5.74) is 4.58. The van der Waals surface area contributed by atoms with Crippen LogP contribution >= 0.6 is 0 Å². The van der Waals surface area contributed by atoms with E-state index in [4.69, 9.17) is 0 Å². The molecule has 0 fully saturated rings. The molecule has 0 N–H and O–H groups in total. The zero-order valence-corrected chi connectivity index (χ0v) is 6.35. The quantitative estimate of drug-likeness (QED) is 0.602. The van der Waals surface area contributed by atoms with Gasteiger partial charge in [-0.2, -0.15) is 0 Å². The molecule has 0 heteroatoms. The Morgan fingerprint density at radius 3 is 2.70 bits per heavy atom. The van der Waals surface area contributed by atoms with Crippen LogP contribution in [-0.2, 0) is 6.42 Å². The minimum atomic E-state index is 1.28. The topological polar surface area (TPSA) is 0 Å². The van der Waals surface area contributed by atoms with E-state index >= 15 is 0 Å². The predicted octanol–water partition coefficient (Wildman–Crippen LogP) is 3.01. The summed E-state index contributed by atoms with van der Waals surface area (Å²) in [5, 5.41) is 0. The van der Waals surface area contributed by atoms with Gasteiger partial charge in [0, 0.05) is 0 Å². The second-order valence-corrected chi connectivity index (χ2v) is 2.98. The van der Waals surface area contributed by atoms with Gasteiger partial charge in [-0.15, -0.1) is 0 Å². The van der Waals surface area contributed by atoms with Crippen LogP contribution in [0.2, 0.25) is 0 Å². The summed E-state index contributed by atoms with van der Waals surface area (Å²) in [6, 6.07) is 6.76. The maximum absolute atomic E-state index is 2.27. The van der Waals surface area contributed by atoms with Crippen LogP contribution in [0.15, 0.2) is 18.2 Å². The fourth-order valence-corrected chi connectivity index (χ4v) is 1.40. The van der Waals surface area contributed by atoms with Crippen molar-refractivity contribution in [3.63, 3.8) is 0 Å². The van der Waals surface area contributed by atoms with E-state index in [0.717, 1.165) is 0 Å². The van der Waals surface area contributed by atoms with Crippen molar-refractivity contribution < 1.29 is 0 Å². The van der Waals surface area contributed by atoms with Gasteiger partial charge in [0.2, 0.25) is 0 Å². The highest BCUT2D eigenvalue weighted by atomic mass is 14.2. The largest absolute Gasteiger partial charge is 0.0654 e. The van der Waals surface area contributed by atoms with Crippen molar-refractivity contribution in [2.45, 2.75) is 26.2 Å². The Morgan fingerprint density at radius 1 is 1.30 bits per heavy atom. The molecule has 10 heavy (non-hydrogen) atoms. The monoisotopic (exact) mass is 132 g/mol. The van der Waals surface area contributed by atoms with Crippen molar-refractivity contribution in [1.82, 2.24) is 0 Å². The Labute approximate surface area is 61.9 Å². The molecule has 0 bridgehead atoms. The van der Waals surface area contributed by atoms with Gasteiger partial charge < -0.3 is 0 Å². The van der Waals surface area contributed by atoms with Gasteiger partial charge >= 0.3 is 0 Å². The van der Waals surface area contributed by atoms with E-state index in [1.165, 1.54) is 30.4 Å². The van der Waals surface area contributed by atoms with Gasteiger partial charge in [-0.25, -0.2) is 0 Å². The first kappa shape index (κ1) is 5.96. The van der Waals surface area contributed by atoms with E-state index in [1.54, 1.807) is 5.56 Å². The molecule has 2 aliphatic rings. The molecule has 0 heterocycles. The zero-order chi connectivity index (χ0) is 6.97. The zero-order valence-electron chi connectivity index (χ0n) is 6.35. The summed E-state index contributed by atoms with van der Waals surface area (Å²) in [4.78, 5) is 0. The molecule has 0 unspecified atom stereocenters. The fraction of sp³-hybridized carbons (Fsp3) is 0.400. The van der Waals surface area contributed by atoms with Crippen molar-refractivity contribution in [2.24, 2.45) is 0 Å². The Morgan fingerprint density at radius 2 is 2.20 bits per heavy atom. The molecule has 0 saturated heterocycles. The highest BCUT2D eigenvalue weighted by molar-refractivity contribution is 5.84. The van der Waals surface area contributed by atoms with Crippen LogP contribution in [0.1, 0.15) is 25.3 Å². The minimum Gasteiger partial charge on any atom is -0.0654 e. The van der Waals surface area contributed by atoms with E-state index in [-0.39, 0.29) is 0 Å². The van der Waals surface area contributed by atoms with E-state index < -0.39 is 0 Å².